The van der Waals surface area contributed by atoms with Gasteiger partial charge in [0.15, 0.2) is 0 Å². The molecule has 0 bridgehead atoms. The lowest BCUT2D eigenvalue weighted by molar-refractivity contribution is -0.142. The zero-order chi connectivity index (χ0) is 28.1. The second-order valence-corrected chi connectivity index (χ2v) is 8.65. The number of carbonyl (C=O) groups is 4. The van der Waals surface area contributed by atoms with Crippen molar-refractivity contribution in [3.63, 3.8) is 0 Å². The summed E-state index contributed by atoms with van der Waals surface area (Å²) < 4.78 is 13.9. The van der Waals surface area contributed by atoms with E-state index in [1.165, 1.54) is 7.05 Å². The number of anilines is 1. The first-order valence-corrected chi connectivity index (χ1v) is 12.1. The molecule has 38 heavy (non-hydrogen) atoms. The number of carbonyl (C=O) groups excluding carboxylic acids is 1. The predicted molar refractivity (Wildman–Crippen MR) is 134 cm³/mol. The maximum absolute atomic E-state index is 12.4. The number of nitrogens with zero attached hydrogens (tertiary/aromatic N) is 4. The minimum atomic E-state index is -1.45. The highest BCUT2D eigenvalue weighted by molar-refractivity contribution is 5.86. The Morgan fingerprint density at radius 3 is 2.34 bits per heavy atom. The van der Waals surface area contributed by atoms with Gasteiger partial charge in [-0.25, -0.2) is 19.1 Å². The van der Waals surface area contributed by atoms with Crippen molar-refractivity contribution in [2.24, 2.45) is 0 Å². The van der Waals surface area contributed by atoms with Gasteiger partial charge in [-0.15, -0.1) is 5.10 Å². The van der Waals surface area contributed by atoms with Crippen molar-refractivity contribution < 1.29 is 38.9 Å². The SMILES string of the molecule is CN(C(=O)N[C@@H](CCC(=O)O)C(=O)O)[C@@H](CCCCNc1ccc(-n2cc(CCCF)nn2)cc1)C(=O)O. The molecule has 0 radical (unpaired) electrons. The highest BCUT2D eigenvalue weighted by atomic mass is 19.1. The molecule has 14 heteroatoms. The van der Waals surface area contributed by atoms with Crippen LogP contribution in [0.25, 0.3) is 5.69 Å². The van der Waals surface area contributed by atoms with E-state index < -0.39 is 49.1 Å². The van der Waals surface area contributed by atoms with Crippen LogP contribution in [0.2, 0.25) is 0 Å². The summed E-state index contributed by atoms with van der Waals surface area (Å²) in [5, 5.41) is 41.0. The maximum atomic E-state index is 12.4. The molecule has 0 aliphatic heterocycles. The van der Waals surface area contributed by atoms with Gasteiger partial charge in [0, 0.05) is 25.7 Å². The Balaban J connectivity index is 1.79. The normalized spacial score (nSPS) is 12.4. The molecule has 1 aromatic carbocycles. The zero-order valence-electron chi connectivity index (χ0n) is 21.0. The van der Waals surface area contributed by atoms with Crippen molar-refractivity contribution in [3.8, 4) is 5.69 Å². The van der Waals surface area contributed by atoms with Crippen molar-refractivity contribution in [3.05, 3.63) is 36.2 Å². The lowest BCUT2D eigenvalue weighted by Crippen LogP contribution is -2.52. The second kappa shape index (κ2) is 15.1. The van der Waals surface area contributed by atoms with E-state index in [0.717, 1.165) is 16.3 Å². The summed E-state index contributed by atoms with van der Waals surface area (Å²) in [7, 11) is 1.25. The van der Waals surface area contributed by atoms with E-state index in [2.05, 4.69) is 20.9 Å². The van der Waals surface area contributed by atoms with Crippen LogP contribution in [0, 0.1) is 0 Å². The van der Waals surface area contributed by atoms with E-state index in [-0.39, 0.29) is 12.8 Å². The fraction of sp³-hybridized carbons (Fsp3) is 0.500. The number of halogens is 1. The van der Waals surface area contributed by atoms with Gasteiger partial charge in [0.1, 0.15) is 12.1 Å². The van der Waals surface area contributed by atoms with Crippen LogP contribution in [0.4, 0.5) is 14.9 Å². The summed E-state index contributed by atoms with van der Waals surface area (Å²) in [6.07, 6.45) is 3.12. The Morgan fingerprint density at radius 2 is 1.74 bits per heavy atom. The van der Waals surface area contributed by atoms with Crippen LogP contribution < -0.4 is 10.6 Å². The highest BCUT2D eigenvalue weighted by Gasteiger charge is 2.29. The molecule has 1 aromatic heterocycles. The summed E-state index contributed by atoms with van der Waals surface area (Å²) in [5.41, 5.74) is 2.36. The Labute approximate surface area is 218 Å². The summed E-state index contributed by atoms with van der Waals surface area (Å²) >= 11 is 0. The molecular weight excluding hydrogens is 503 g/mol. The smallest absolute Gasteiger partial charge is 0.326 e. The molecule has 0 aliphatic carbocycles. The van der Waals surface area contributed by atoms with Crippen LogP contribution in [-0.4, -0.2) is 91.5 Å². The summed E-state index contributed by atoms with van der Waals surface area (Å²) in [6.45, 7) is 0.147. The maximum Gasteiger partial charge on any atom is 0.326 e. The number of benzene rings is 1. The van der Waals surface area contributed by atoms with Crippen LogP contribution in [0.15, 0.2) is 30.5 Å². The fourth-order valence-electron chi connectivity index (χ4n) is 3.61. The average molecular weight is 537 g/mol. The zero-order valence-corrected chi connectivity index (χ0v) is 21.0. The third kappa shape index (κ3) is 9.67. The van der Waals surface area contributed by atoms with Crippen molar-refractivity contribution in [2.45, 2.75) is 57.0 Å². The Bertz CT molecular complexity index is 1080. The quantitative estimate of drug-likeness (QED) is 0.188. The molecule has 2 aromatic rings. The Kier molecular flexibility index (Phi) is 11.9. The standard InChI is InChI=1S/C24H33FN6O7/c1-30(24(38)27-19(22(34)35)11-12-21(32)33)20(23(36)37)6-2-3-14-26-16-7-9-18(10-8-16)31-15-17(28-29-31)5-4-13-25/h7-10,15,19-20,26H,2-6,11-14H2,1H3,(H,27,38)(H,32,33)(H,34,35)(H,36,37)/t19-,20-/m0/s1. The Morgan fingerprint density at radius 1 is 1.03 bits per heavy atom. The molecule has 0 saturated carbocycles. The monoisotopic (exact) mass is 536 g/mol. The molecule has 0 saturated heterocycles. The van der Waals surface area contributed by atoms with Gasteiger partial charge in [-0.3, -0.25) is 9.18 Å². The average Bonchev–Trinajstić information content (AvgIpc) is 3.35. The van der Waals surface area contributed by atoms with E-state index in [9.17, 15) is 33.8 Å². The van der Waals surface area contributed by atoms with Crippen LogP contribution >= 0.6 is 0 Å². The molecular formula is C24H33FN6O7. The first-order valence-electron chi connectivity index (χ1n) is 12.1. The number of carboxylic acid groups (broad SMARTS) is 3. The summed E-state index contributed by atoms with van der Waals surface area (Å²) in [5.74, 6) is -3.84. The molecule has 13 nitrogen and oxygen atoms in total. The van der Waals surface area contributed by atoms with Gasteiger partial charge in [0.25, 0.3) is 0 Å². The van der Waals surface area contributed by atoms with Gasteiger partial charge in [0.2, 0.25) is 0 Å². The molecule has 2 rings (SSSR count). The summed E-state index contributed by atoms with van der Waals surface area (Å²) in [4.78, 5) is 47.0. The van der Waals surface area contributed by atoms with Crippen molar-refractivity contribution >= 4 is 29.6 Å². The molecule has 0 fully saturated rings. The van der Waals surface area contributed by atoms with Gasteiger partial charge in [0.05, 0.1) is 24.3 Å². The minimum Gasteiger partial charge on any atom is -0.481 e. The van der Waals surface area contributed by atoms with Gasteiger partial charge < -0.3 is 30.9 Å². The van der Waals surface area contributed by atoms with Crippen LogP contribution in [-0.2, 0) is 20.8 Å². The number of hydrogen-bond acceptors (Lipinski definition) is 7. The van der Waals surface area contributed by atoms with Gasteiger partial charge >= 0.3 is 23.9 Å². The molecule has 2 amide bonds. The molecule has 2 atom stereocenters. The number of aryl methyl sites for hydroxylation is 1. The second-order valence-electron chi connectivity index (χ2n) is 8.65. The molecule has 0 aliphatic rings. The van der Waals surface area contributed by atoms with Crippen LogP contribution in [0.1, 0.15) is 44.2 Å². The lowest BCUT2D eigenvalue weighted by Gasteiger charge is -2.26. The highest BCUT2D eigenvalue weighted by Crippen LogP contribution is 2.15. The molecule has 5 N–H and O–H groups in total. The van der Waals surface area contributed by atoms with Crippen molar-refractivity contribution in [1.29, 1.82) is 0 Å². The number of amides is 2. The number of likely N-dealkylation sites (N-methyl/N-ethyl adjacent to an activating group) is 1. The first kappa shape index (κ1) is 30.0. The van der Waals surface area contributed by atoms with Gasteiger partial charge in [-0.2, -0.15) is 0 Å². The number of nitrogens with one attached hydrogen (secondary N) is 2. The molecule has 0 unspecified atom stereocenters. The minimum absolute atomic E-state index is 0.143. The number of alkyl halides is 1. The number of aliphatic carboxylic acids is 3. The van der Waals surface area contributed by atoms with Crippen molar-refractivity contribution in [2.75, 3.05) is 25.6 Å². The van der Waals surface area contributed by atoms with E-state index >= 15 is 0 Å². The third-order valence-corrected chi connectivity index (χ3v) is 5.79. The Hall–Kier alpha value is -4.23. The fourth-order valence-corrected chi connectivity index (χ4v) is 3.61. The largest absolute Gasteiger partial charge is 0.481 e. The molecule has 1 heterocycles. The van der Waals surface area contributed by atoms with E-state index in [4.69, 9.17) is 5.11 Å². The molecule has 0 spiro atoms. The number of rotatable bonds is 17. The van der Waals surface area contributed by atoms with Crippen LogP contribution in [0.3, 0.4) is 0 Å². The number of carboxylic acids is 3. The predicted octanol–water partition coefficient (Wildman–Crippen LogP) is 2.16. The lowest BCUT2D eigenvalue weighted by atomic mass is 10.1. The third-order valence-electron chi connectivity index (χ3n) is 5.79. The van der Waals surface area contributed by atoms with Crippen LogP contribution in [0.5, 0.6) is 0 Å². The van der Waals surface area contributed by atoms with E-state index in [0.29, 0.717) is 37.9 Å². The van der Waals surface area contributed by atoms with E-state index in [1.54, 1.807) is 10.9 Å². The molecule has 208 valence electrons. The number of unbranched alkanes of at least 4 members (excludes halogenated alkanes) is 1. The first-order chi connectivity index (χ1) is 18.1. The number of hydrogen-bond donors (Lipinski definition) is 5. The van der Waals surface area contributed by atoms with E-state index in [1.807, 2.05) is 24.3 Å². The number of urea groups is 1. The van der Waals surface area contributed by atoms with Gasteiger partial charge in [-0.05, 0) is 62.8 Å². The number of aromatic nitrogens is 3. The van der Waals surface area contributed by atoms with Gasteiger partial charge in [-0.1, -0.05) is 5.21 Å². The van der Waals surface area contributed by atoms with Crippen molar-refractivity contribution in [1.82, 2.24) is 25.2 Å². The topological polar surface area (TPSA) is 187 Å². The summed E-state index contributed by atoms with van der Waals surface area (Å²) in [6, 6.07) is 3.89.